The van der Waals surface area contributed by atoms with Crippen molar-refractivity contribution in [3.05, 3.63) is 23.8 Å². The van der Waals surface area contributed by atoms with Gasteiger partial charge in [-0.05, 0) is 31.0 Å². The zero-order valence-corrected chi connectivity index (χ0v) is 12.7. The van der Waals surface area contributed by atoms with Gasteiger partial charge in [0.15, 0.2) is 21.3 Å². The summed E-state index contributed by atoms with van der Waals surface area (Å²) < 4.78 is 33.6. The second-order valence-electron chi connectivity index (χ2n) is 5.06. The number of rotatable bonds is 6. The summed E-state index contributed by atoms with van der Waals surface area (Å²) in [6.07, 6.45) is 0.691. The number of benzene rings is 1. The van der Waals surface area contributed by atoms with E-state index in [9.17, 15) is 8.42 Å². The lowest BCUT2D eigenvalue weighted by molar-refractivity contribution is 0.287. The van der Waals surface area contributed by atoms with Crippen molar-refractivity contribution < 1.29 is 17.9 Å². The first kappa shape index (κ1) is 15.1. The Labute approximate surface area is 120 Å². The molecule has 112 valence electrons. The first-order valence-corrected chi connectivity index (χ1v) is 8.53. The molecule has 1 aliphatic heterocycles. The van der Waals surface area contributed by atoms with Crippen molar-refractivity contribution in [3.8, 4) is 11.5 Å². The highest BCUT2D eigenvalue weighted by Crippen LogP contribution is 2.27. The molecule has 5 nitrogen and oxygen atoms in total. The van der Waals surface area contributed by atoms with E-state index < -0.39 is 9.84 Å². The Bertz CT molecular complexity index is 556. The molecule has 0 aliphatic carbocycles. The molecular weight excluding hydrogens is 278 g/mol. The van der Waals surface area contributed by atoms with Crippen molar-refractivity contribution in [3.63, 3.8) is 0 Å². The van der Waals surface area contributed by atoms with Crippen molar-refractivity contribution in [1.82, 2.24) is 5.32 Å². The van der Waals surface area contributed by atoms with E-state index in [-0.39, 0.29) is 17.5 Å². The summed E-state index contributed by atoms with van der Waals surface area (Å²) in [5.74, 6) is 1.95. The molecule has 1 heterocycles. The summed E-state index contributed by atoms with van der Waals surface area (Å²) in [4.78, 5) is 0. The number of hydrogen-bond donors (Lipinski definition) is 1. The van der Waals surface area contributed by atoms with Crippen molar-refractivity contribution in [1.29, 1.82) is 0 Å². The predicted octanol–water partition coefficient (Wildman–Crippen LogP) is 1.16. The maximum absolute atomic E-state index is 11.3. The fraction of sp³-hybridized carbons (Fsp3) is 0.571. The summed E-state index contributed by atoms with van der Waals surface area (Å²) in [5.41, 5.74) is 1.11. The SMILES string of the molecule is COc1cc(C)ccc1OCCNC1CCS(=O)(=O)C1. The molecule has 1 unspecified atom stereocenters. The number of ether oxygens (including phenoxy) is 2. The Morgan fingerprint density at radius 3 is 2.80 bits per heavy atom. The van der Waals surface area contributed by atoms with Crippen LogP contribution in [0.4, 0.5) is 0 Å². The third kappa shape index (κ3) is 4.11. The Morgan fingerprint density at radius 1 is 1.35 bits per heavy atom. The van der Waals surface area contributed by atoms with Crippen LogP contribution in [0.25, 0.3) is 0 Å². The number of methoxy groups -OCH3 is 1. The zero-order valence-electron chi connectivity index (χ0n) is 11.9. The van der Waals surface area contributed by atoms with E-state index in [1.54, 1.807) is 7.11 Å². The van der Waals surface area contributed by atoms with Crippen LogP contribution < -0.4 is 14.8 Å². The van der Waals surface area contributed by atoms with E-state index in [4.69, 9.17) is 9.47 Å². The number of hydrogen-bond acceptors (Lipinski definition) is 5. The van der Waals surface area contributed by atoms with Crippen molar-refractivity contribution in [2.24, 2.45) is 0 Å². The van der Waals surface area contributed by atoms with Crippen LogP contribution in [0.2, 0.25) is 0 Å². The van der Waals surface area contributed by atoms with E-state index in [0.29, 0.717) is 31.1 Å². The molecule has 0 spiro atoms. The fourth-order valence-electron chi connectivity index (χ4n) is 2.27. The molecule has 1 aromatic rings. The van der Waals surface area contributed by atoms with Gasteiger partial charge in [-0.25, -0.2) is 8.42 Å². The monoisotopic (exact) mass is 299 g/mol. The van der Waals surface area contributed by atoms with Crippen LogP contribution in [0.3, 0.4) is 0 Å². The van der Waals surface area contributed by atoms with Crippen LogP contribution in [0.5, 0.6) is 11.5 Å². The predicted molar refractivity (Wildman–Crippen MR) is 78.3 cm³/mol. The van der Waals surface area contributed by atoms with Gasteiger partial charge in [-0.15, -0.1) is 0 Å². The van der Waals surface area contributed by atoms with Gasteiger partial charge in [0.2, 0.25) is 0 Å². The lowest BCUT2D eigenvalue weighted by Crippen LogP contribution is -2.33. The quantitative estimate of drug-likeness (QED) is 0.799. The Hall–Kier alpha value is -1.27. The minimum Gasteiger partial charge on any atom is -0.493 e. The molecule has 0 radical (unpaired) electrons. The Balaban J connectivity index is 1.76. The molecular formula is C14H21NO4S. The molecule has 1 aromatic carbocycles. The van der Waals surface area contributed by atoms with E-state index in [0.717, 1.165) is 5.56 Å². The summed E-state index contributed by atoms with van der Waals surface area (Å²) in [7, 11) is -1.21. The maximum atomic E-state index is 11.3. The molecule has 6 heteroatoms. The van der Waals surface area contributed by atoms with Crippen LogP contribution in [0, 0.1) is 6.92 Å². The van der Waals surface area contributed by atoms with Gasteiger partial charge < -0.3 is 14.8 Å². The molecule has 1 saturated heterocycles. The van der Waals surface area contributed by atoms with Gasteiger partial charge in [0.1, 0.15) is 6.61 Å². The summed E-state index contributed by atoms with van der Waals surface area (Å²) in [6, 6.07) is 5.83. The molecule has 0 bridgehead atoms. The lowest BCUT2D eigenvalue weighted by Gasteiger charge is -2.13. The Morgan fingerprint density at radius 2 is 2.15 bits per heavy atom. The van der Waals surface area contributed by atoms with Gasteiger partial charge in [0.25, 0.3) is 0 Å². The number of sulfone groups is 1. The minimum atomic E-state index is -2.82. The molecule has 20 heavy (non-hydrogen) atoms. The van der Waals surface area contributed by atoms with Crippen molar-refractivity contribution in [2.45, 2.75) is 19.4 Å². The highest BCUT2D eigenvalue weighted by Gasteiger charge is 2.27. The van der Waals surface area contributed by atoms with E-state index in [1.165, 1.54) is 0 Å². The van der Waals surface area contributed by atoms with Crippen LogP contribution in [0.15, 0.2) is 18.2 Å². The van der Waals surface area contributed by atoms with Crippen molar-refractivity contribution >= 4 is 9.84 Å². The zero-order chi connectivity index (χ0) is 14.6. The molecule has 2 rings (SSSR count). The minimum absolute atomic E-state index is 0.0588. The molecule has 0 amide bonds. The van der Waals surface area contributed by atoms with Crippen LogP contribution in [-0.2, 0) is 9.84 Å². The lowest BCUT2D eigenvalue weighted by atomic mass is 10.2. The second kappa shape index (κ2) is 6.45. The third-order valence-corrected chi connectivity index (χ3v) is 5.11. The Kier molecular flexibility index (Phi) is 4.88. The largest absolute Gasteiger partial charge is 0.493 e. The maximum Gasteiger partial charge on any atom is 0.161 e. The highest BCUT2D eigenvalue weighted by atomic mass is 32.2. The first-order valence-electron chi connectivity index (χ1n) is 6.71. The summed E-state index contributed by atoms with van der Waals surface area (Å²) >= 11 is 0. The fourth-order valence-corrected chi connectivity index (χ4v) is 3.98. The summed E-state index contributed by atoms with van der Waals surface area (Å²) in [5, 5.41) is 3.21. The number of nitrogens with one attached hydrogen (secondary N) is 1. The van der Waals surface area contributed by atoms with Crippen LogP contribution >= 0.6 is 0 Å². The molecule has 1 aliphatic rings. The average Bonchev–Trinajstić information content (AvgIpc) is 2.75. The van der Waals surface area contributed by atoms with Gasteiger partial charge in [-0.2, -0.15) is 0 Å². The molecule has 1 N–H and O–H groups in total. The normalized spacial score (nSPS) is 20.8. The topological polar surface area (TPSA) is 64.6 Å². The molecule has 1 atom stereocenters. The van der Waals surface area contributed by atoms with E-state index in [2.05, 4.69) is 5.32 Å². The van der Waals surface area contributed by atoms with Crippen LogP contribution in [0.1, 0.15) is 12.0 Å². The average molecular weight is 299 g/mol. The molecule has 0 saturated carbocycles. The second-order valence-corrected chi connectivity index (χ2v) is 7.29. The van der Waals surface area contributed by atoms with E-state index in [1.807, 2.05) is 25.1 Å². The van der Waals surface area contributed by atoms with Gasteiger partial charge >= 0.3 is 0 Å². The third-order valence-electron chi connectivity index (χ3n) is 3.34. The smallest absolute Gasteiger partial charge is 0.161 e. The van der Waals surface area contributed by atoms with Gasteiger partial charge in [0.05, 0.1) is 18.6 Å². The van der Waals surface area contributed by atoms with Gasteiger partial charge in [-0.1, -0.05) is 6.07 Å². The van der Waals surface area contributed by atoms with Crippen molar-refractivity contribution in [2.75, 3.05) is 31.8 Å². The number of aryl methyl sites for hydroxylation is 1. The molecule has 0 aromatic heterocycles. The standard InChI is InChI=1S/C14H21NO4S/c1-11-3-4-13(14(9-11)18-2)19-7-6-15-12-5-8-20(16,17)10-12/h3-4,9,12,15H,5-8,10H2,1-2H3. The van der Waals surface area contributed by atoms with Gasteiger partial charge in [-0.3, -0.25) is 0 Å². The van der Waals surface area contributed by atoms with E-state index >= 15 is 0 Å². The summed E-state index contributed by atoms with van der Waals surface area (Å²) in [6.45, 7) is 3.10. The highest BCUT2D eigenvalue weighted by molar-refractivity contribution is 7.91. The first-order chi connectivity index (χ1) is 9.50. The van der Waals surface area contributed by atoms with Gasteiger partial charge in [0, 0.05) is 12.6 Å². The molecule has 1 fully saturated rings. The van der Waals surface area contributed by atoms with Crippen LogP contribution in [-0.4, -0.2) is 46.2 Å².